The van der Waals surface area contributed by atoms with Crippen LogP contribution in [0.1, 0.15) is 31.2 Å². The molecule has 0 spiro atoms. The number of nitrogens with one attached hydrogen (secondary N) is 1. The van der Waals surface area contributed by atoms with Gasteiger partial charge in [0.25, 0.3) is 0 Å². The van der Waals surface area contributed by atoms with E-state index < -0.39 is 0 Å². The van der Waals surface area contributed by atoms with E-state index in [1.807, 2.05) is 6.07 Å². The highest BCUT2D eigenvalue weighted by atomic mass is 16.1. The summed E-state index contributed by atoms with van der Waals surface area (Å²) in [7, 11) is 0. The molecule has 0 aliphatic heterocycles. The Labute approximate surface area is 124 Å². The number of benzene rings is 1. The summed E-state index contributed by atoms with van der Waals surface area (Å²) in [5.74, 6) is 0.0766. The second-order valence-corrected chi connectivity index (χ2v) is 5.69. The predicted molar refractivity (Wildman–Crippen MR) is 79.6 cm³/mol. The van der Waals surface area contributed by atoms with E-state index >= 15 is 0 Å². The van der Waals surface area contributed by atoms with Gasteiger partial charge in [0.2, 0.25) is 5.91 Å². The standard InChI is InChI=1S/C16H20N4O/c21-15(7-10-20-13-17-12-19-20)18-11-16(8-4-9-16)14-5-2-1-3-6-14/h1-3,5-6,12-13H,4,7-11H2,(H,18,21). The molecule has 0 bridgehead atoms. The van der Waals surface area contributed by atoms with E-state index in [1.54, 1.807) is 11.0 Å². The predicted octanol–water partition coefficient (Wildman–Crippen LogP) is 1.91. The number of hydrogen-bond acceptors (Lipinski definition) is 3. The SMILES string of the molecule is O=C(CCn1cncn1)NCC1(c2ccccc2)CCC1. The molecule has 2 aromatic rings. The Bertz CT molecular complexity index is 576. The third kappa shape index (κ3) is 3.12. The monoisotopic (exact) mass is 284 g/mol. The number of carbonyl (C=O) groups excluding carboxylic acids is 1. The zero-order valence-electron chi connectivity index (χ0n) is 12.0. The van der Waals surface area contributed by atoms with Crippen LogP contribution in [0.5, 0.6) is 0 Å². The minimum absolute atomic E-state index is 0.0766. The first-order valence-corrected chi connectivity index (χ1v) is 7.43. The normalized spacial score (nSPS) is 16.2. The van der Waals surface area contributed by atoms with Crippen LogP contribution < -0.4 is 5.32 Å². The minimum Gasteiger partial charge on any atom is -0.355 e. The van der Waals surface area contributed by atoms with Gasteiger partial charge in [0, 0.05) is 18.4 Å². The van der Waals surface area contributed by atoms with Gasteiger partial charge in [-0.15, -0.1) is 0 Å². The molecule has 1 aromatic carbocycles. The first-order chi connectivity index (χ1) is 10.3. The van der Waals surface area contributed by atoms with Crippen molar-refractivity contribution in [3.63, 3.8) is 0 Å². The van der Waals surface area contributed by atoms with Crippen molar-refractivity contribution in [3.8, 4) is 0 Å². The van der Waals surface area contributed by atoms with Crippen molar-refractivity contribution in [3.05, 3.63) is 48.5 Å². The van der Waals surface area contributed by atoms with E-state index in [-0.39, 0.29) is 11.3 Å². The highest BCUT2D eigenvalue weighted by molar-refractivity contribution is 5.76. The topological polar surface area (TPSA) is 59.8 Å². The number of aryl methyl sites for hydroxylation is 1. The van der Waals surface area contributed by atoms with Gasteiger partial charge in [-0.2, -0.15) is 5.10 Å². The smallest absolute Gasteiger partial charge is 0.221 e. The summed E-state index contributed by atoms with van der Waals surface area (Å²) in [6, 6.07) is 10.5. The summed E-state index contributed by atoms with van der Waals surface area (Å²) >= 11 is 0. The average Bonchev–Trinajstić information content (AvgIpc) is 2.98. The molecular weight excluding hydrogens is 264 g/mol. The van der Waals surface area contributed by atoms with Gasteiger partial charge < -0.3 is 5.32 Å². The first kappa shape index (κ1) is 13.8. The van der Waals surface area contributed by atoms with Crippen LogP contribution >= 0.6 is 0 Å². The molecule has 1 aromatic heterocycles. The first-order valence-electron chi connectivity index (χ1n) is 7.43. The van der Waals surface area contributed by atoms with Gasteiger partial charge >= 0.3 is 0 Å². The summed E-state index contributed by atoms with van der Waals surface area (Å²) in [4.78, 5) is 15.9. The van der Waals surface area contributed by atoms with E-state index in [0.717, 1.165) is 19.4 Å². The molecule has 1 fully saturated rings. The Kier molecular flexibility index (Phi) is 3.99. The highest BCUT2D eigenvalue weighted by Crippen LogP contribution is 2.43. The zero-order valence-corrected chi connectivity index (χ0v) is 12.0. The fraction of sp³-hybridized carbons (Fsp3) is 0.438. The van der Waals surface area contributed by atoms with Crippen molar-refractivity contribution in [1.29, 1.82) is 0 Å². The molecule has 1 amide bonds. The van der Waals surface area contributed by atoms with Crippen molar-refractivity contribution in [2.45, 2.75) is 37.6 Å². The number of hydrogen-bond donors (Lipinski definition) is 1. The Morgan fingerprint density at radius 2 is 2.10 bits per heavy atom. The summed E-state index contributed by atoms with van der Waals surface area (Å²) in [6.07, 6.45) is 7.10. The molecule has 1 saturated carbocycles. The molecule has 0 unspecified atom stereocenters. The molecule has 1 heterocycles. The van der Waals surface area contributed by atoms with Gasteiger partial charge in [-0.05, 0) is 18.4 Å². The summed E-state index contributed by atoms with van der Waals surface area (Å²) in [5, 5.41) is 7.08. The molecule has 5 heteroatoms. The Balaban J connectivity index is 1.52. The van der Waals surface area contributed by atoms with Crippen molar-refractivity contribution in [2.24, 2.45) is 0 Å². The molecule has 3 rings (SSSR count). The maximum atomic E-state index is 12.0. The van der Waals surface area contributed by atoms with Crippen LogP contribution in [0.25, 0.3) is 0 Å². The van der Waals surface area contributed by atoms with Crippen LogP contribution in [0.15, 0.2) is 43.0 Å². The van der Waals surface area contributed by atoms with Crippen molar-refractivity contribution in [1.82, 2.24) is 20.1 Å². The largest absolute Gasteiger partial charge is 0.355 e. The van der Waals surface area contributed by atoms with Crippen molar-refractivity contribution < 1.29 is 4.79 Å². The van der Waals surface area contributed by atoms with E-state index in [9.17, 15) is 4.79 Å². The Hall–Kier alpha value is -2.17. The van der Waals surface area contributed by atoms with Crippen LogP contribution in [0.2, 0.25) is 0 Å². The third-order valence-corrected chi connectivity index (χ3v) is 4.36. The second-order valence-electron chi connectivity index (χ2n) is 5.69. The van der Waals surface area contributed by atoms with Crippen LogP contribution in [0.4, 0.5) is 0 Å². The molecule has 0 radical (unpaired) electrons. The van der Waals surface area contributed by atoms with Crippen LogP contribution in [0.3, 0.4) is 0 Å². The average molecular weight is 284 g/mol. The van der Waals surface area contributed by atoms with E-state index in [4.69, 9.17) is 0 Å². The van der Waals surface area contributed by atoms with Crippen LogP contribution in [0, 0.1) is 0 Å². The number of carbonyl (C=O) groups is 1. The van der Waals surface area contributed by atoms with E-state index in [0.29, 0.717) is 13.0 Å². The van der Waals surface area contributed by atoms with Crippen molar-refractivity contribution >= 4 is 5.91 Å². The lowest BCUT2D eigenvalue weighted by Crippen LogP contribution is -2.45. The van der Waals surface area contributed by atoms with Crippen LogP contribution in [-0.2, 0) is 16.8 Å². The number of aromatic nitrogens is 3. The summed E-state index contributed by atoms with van der Waals surface area (Å²) in [6.45, 7) is 1.30. The van der Waals surface area contributed by atoms with Gasteiger partial charge in [0.1, 0.15) is 12.7 Å². The molecular formula is C16H20N4O. The highest BCUT2D eigenvalue weighted by Gasteiger charge is 2.38. The van der Waals surface area contributed by atoms with Gasteiger partial charge in [-0.25, -0.2) is 4.98 Å². The molecule has 1 aliphatic carbocycles. The van der Waals surface area contributed by atoms with Gasteiger partial charge in [-0.3, -0.25) is 9.48 Å². The lowest BCUT2D eigenvalue weighted by atomic mass is 9.64. The number of amides is 1. The van der Waals surface area contributed by atoms with Crippen LogP contribution in [-0.4, -0.2) is 27.2 Å². The molecule has 0 saturated heterocycles. The van der Waals surface area contributed by atoms with Gasteiger partial charge in [0.05, 0.1) is 6.54 Å². The lowest BCUT2D eigenvalue weighted by molar-refractivity contribution is -0.121. The molecule has 110 valence electrons. The lowest BCUT2D eigenvalue weighted by Gasteiger charge is -2.42. The zero-order chi connectivity index (χ0) is 14.5. The van der Waals surface area contributed by atoms with E-state index in [2.05, 4.69) is 39.7 Å². The Morgan fingerprint density at radius 1 is 1.29 bits per heavy atom. The Morgan fingerprint density at radius 3 is 2.71 bits per heavy atom. The molecule has 1 N–H and O–H groups in total. The minimum atomic E-state index is 0.0766. The third-order valence-electron chi connectivity index (χ3n) is 4.36. The molecule has 1 aliphatic rings. The summed E-state index contributed by atoms with van der Waals surface area (Å²) in [5.41, 5.74) is 1.48. The van der Waals surface area contributed by atoms with E-state index in [1.165, 1.54) is 18.3 Å². The number of rotatable bonds is 6. The fourth-order valence-electron chi connectivity index (χ4n) is 2.88. The van der Waals surface area contributed by atoms with Gasteiger partial charge in [0.15, 0.2) is 0 Å². The fourth-order valence-corrected chi connectivity index (χ4v) is 2.88. The number of nitrogens with zero attached hydrogens (tertiary/aromatic N) is 3. The van der Waals surface area contributed by atoms with Gasteiger partial charge in [-0.1, -0.05) is 36.8 Å². The molecule has 5 nitrogen and oxygen atoms in total. The second kappa shape index (κ2) is 6.08. The maximum Gasteiger partial charge on any atom is 0.221 e. The summed E-state index contributed by atoms with van der Waals surface area (Å²) < 4.78 is 1.68. The quantitative estimate of drug-likeness (QED) is 0.881. The van der Waals surface area contributed by atoms with Crippen molar-refractivity contribution in [2.75, 3.05) is 6.54 Å². The molecule has 0 atom stereocenters. The maximum absolute atomic E-state index is 12.0. The molecule has 21 heavy (non-hydrogen) atoms.